The summed E-state index contributed by atoms with van der Waals surface area (Å²) in [5.74, 6) is 1.73. The van der Waals surface area contributed by atoms with Gasteiger partial charge in [0.05, 0.1) is 28.4 Å². The Morgan fingerprint density at radius 1 is 1.46 bits per heavy atom. The van der Waals surface area contributed by atoms with Crippen molar-refractivity contribution in [1.82, 2.24) is 4.98 Å². The van der Waals surface area contributed by atoms with Gasteiger partial charge in [0.2, 0.25) is 0 Å². The number of nitro groups is 1. The largest absolute Gasteiger partial charge is 0.493 e. The minimum atomic E-state index is -0.506. The molecule has 0 saturated heterocycles. The lowest BCUT2D eigenvalue weighted by Crippen LogP contribution is -2.00. The highest BCUT2D eigenvalue weighted by Gasteiger charge is 2.10. The highest BCUT2D eigenvalue weighted by molar-refractivity contribution is 14.1. The van der Waals surface area contributed by atoms with Crippen molar-refractivity contribution in [2.24, 2.45) is 5.10 Å². The van der Waals surface area contributed by atoms with Gasteiger partial charge in [-0.15, -0.1) is 0 Å². The summed E-state index contributed by atoms with van der Waals surface area (Å²) in [4.78, 5) is 14.0. The SMILES string of the molecule is CCOc1c(I)cc(/C=N\Nc2ccc([N+](=O)[O-])cn2)cc1OC. The zero-order chi connectivity index (χ0) is 17.5. The number of hydrazone groups is 1. The molecule has 126 valence electrons. The fraction of sp³-hybridized carbons (Fsp3) is 0.200. The van der Waals surface area contributed by atoms with Crippen molar-refractivity contribution in [2.75, 3.05) is 19.1 Å². The molecule has 0 saturated carbocycles. The van der Waals surface area contributed by atoms with Gasteiger partial charge in [0.1, 0.15) is 12.0 Å². The standard InChI is InChI=1S/C15H15IN4O4/c1-3-24-15-12(16)6-10(7-13(15)23-2)8-18-19-14-5-4-11(9-17-14)20(21)22/h4-9H,3H2,1-2H3,(H,17,19)/b18-8-. The Kier molecular flexibility index (Phi) is 6.29. The Morgan fingerprint density at radius 3 is 2.83 bits per heavy atom. The molecule has 0 atom stereocenters. The normalized spacial score (nSPS) is 10.6. The van der Waals surface area contributed by atoms with Crippen molar-refractivity contribution >= 4 is 40.3 Å². The van der Waals surface area contributed by atoms with Crippen molar-refractivity contribution in [3.8, 4) is 11.5 Å². The predicted octanol–water partition coefficient (Wildman–Crippen LogP) is 3.45. The Hall–Kier alpha value is -2.43. The van der Waals surface area contributed by atoms with E-state index in [1.165, 1.54) is 18.3 Å². The van der Waals surface area contributed by atoms with Crippen LogP contribution < -0.4 is 14.9 Å². The topological polar surface area (TPSA) is 98.9 Å². The van der Waals surface area contributed by atoms with E-state index in [9.17, 15) is 10.1 Å². The first-order valence-electron chi connectivity index (χ1n) is 6.95. The average molecular weight is 442 g/mol. The molecular formula is C15H15IN4O4. The highest BCUT2D eigenvalue weighted by atomic mass is 127. The van der Waals surface area contributed by atoms with E-state index in [1.807, 2.05) is 19.1 Å². The summed E-state index contributed by atoms with van der Waals surface area (Å²) < 4.78 is 11.8. The number of hydrogen-bond donors (Lipinski definition) is 1. The number of methoxy groups -OCH3 is 1. The molecule has 1 N–H and O–H groups in total. The van der Waals surface area contributed by atoms with Crippen LogP contribution >= 0.6 is 22.6 Å². The van der Waals surface area contributed by atoms with Gasteiger partial charge in [-0.25, -0.2) is 4.98 Å². The second-order valence-corrected chi connectivity index (χ2v) is 5.66. The highest BCUT2D eigenvalue weighted by Crippen LogP contribution is 2.33. The summed E-state index contributed by atoms with van der Waals surface area (Å²) >= 11 is 2.17. The van der Waals surface area contributed by atoms with Crippen molar-refractivity contribution in [3.63, 3.8) is 0 Å². The second-order valence-electron chi connectivity index (χ2n) is 4.50. The summed E-state index contributed by atoms with van der Waals surface area (Å²) in [7, 11) is 1.58. The van der Waals surface area contributed by atoms with Gasteiger partial charge in [-0.1, -0.05) is 0 Å². The van der Waals surface area contributed by atoms with Gasteiger partial charge in [-0.05, 0) is 53.3 Å². The summed E-state index contributed by atoms with van der Waals surface area (Å²) in [6, 6.07) is 6.55. The Balaban J connectivity index is 2.11. The molecule has 0 aliphatic heterocycles. The van der Waals surface area contributed by atoms with E-state index in [0.717, 1.165) is 9.13 Å². The Bertz CT molecular complexity index is 750. The monoisotopic (exact) mass is 442 g/mol. The molecule has 0 fully saturated rings. The van der Waals surface area contributed by atoms with Gasteiger partial charge in [0.25, 0.3) is 5.69 Å². The van der Waals surface area contributed by atoms with E-state index < -0.39 is 4.92 Å². The third kappa shape index (κ3) is 4.54. The lowest BCUT2D eigenvalue weighted by atomic mass is 10.2. The van der Waals surface area contributed by atoms with Crippen LogP contribution in [0.4, 0.5) is 11.5 Å². The molecule has 1 heterocycles. The van der Waals surface area contributed by atoms with E-state index in [4.69, 9.17) is 9.47 Å². The Labute approximate surface area is 152 Å². The summed E-state index contributed by atoms with van der Waals surface area (Å²) in [5.41, 5.74) is 3.46. The Morgan fingerprint density at radius 2 is 2.25 bits per heavy atom. The number of benzene rings is 1. The second kappa shape index (κ2) is 8.43. The average Bonchev–Trinajstić information content (AvgIpc) is 2.57. The van der Waals surface area contributed by atoms with Crippen LogP contribution in [0.25, 0.3) is 0 Å². The molecule has 0 unspecified atom stereocenters. The van der Waals surface area contributed by atoms with E-state index in [0.29, 0.717) is 23.9 Å². The van der Waals surface area contributed by atoms with Gasteiger partial charge in [0.15, 0.2) is 11.5 Å². The molecule has 1 aromatic carbocycles. The lowest BCUT2D eigenvalue weighted by molar-refractivity contribution is -0.385. The number of anilines is 1. The molecule has 0 radical (unpaired) electrons. The van der Waals surface area contributed by atoms with Gasteiger partial charge in [-0.2, -0.15) is 5.10 Å². The molecule has 24 heavy (non-hydrogen) atoms. The number of nitrogens with one attached hydrogen (secondary N) is 1. The molecule has 1 aromatic heterocycles. The van der Waals surface area contributed by atoms with E-state index >= 15 is 0 Å². The molecule has 0 spiro atoms. The first kappa shape index (κ1) is 17.9. The number of halogens is 1. The van der Waals surface area contributed by atoms with Crippen LogP contribution in [0.15, 0.2) is 35.6 Å². The van der Waals surface area contributed by atoms with Gasteiger partial charge in [0, 0.05) is 6.07 Å². The molecule has 9 heteroatoms. The first-order valence-corrected chi connectivity index (χ1v) is 8.03. The van der Waals surface area contributed by atoms with Crippen molar-refractivity contribution < 1.29 is 14.4 Å². The van der Waals surface area contributed by atoms with Gasteiger partial charge < -0.3 is 9.47 Å². The van der Waals surface area contributed by atoms with Crippen LogP contribution in [0.3, 0.4) is 0 Å². The molecule has 0 amide bonds. The molecule has 2 aromatic rings. The van der Waals surface area contributed by atoms with Gasteiger partial charge in [-0.3, -0.25) is 15.5 Å². The van der Waals surface area contributed by atoms with Crippen molar-refractivity contribution in [3.05, 3.63) is 49.7 Å². The third-order valence-electron chi connectivity index (χ3n) is 2.89. The number of aromatic nitrogens is 1. The predicted molar refractivity (Wildman–Crippen MR) is 99.0 cm³/mol. The fourth-order valence-electron chi connectivity index (χ4n) is 1.83. The third-order valence-corrected chi connectivity index (χ3v) is 3.69. The molecular weight excluding hydrogens is 427 g/mol. The van der Waals surface area contributed by atoms with Crippen molar-refractivity contribution in [1.29, 1.82) is 0 Å². The van der Waals surface area contributed by atoms with Crippen LogP contribution in [-0.4, -0.2) is 29.8 Å². The minimum absolute atomic E-state index is 0.0738. The molecule has 0 aliphatic rings. The number of hydrogen-bond acceptors (Lipinski definition) is 7. The summed E-state index contributed by atoms with van der Waals surface area (Å²) in [6.07, 6.45) is 2.77. The maximum Gasteiger partial charge on any atom is 0.287 e. The number of pyridine rings is 1. The van der Waals surface area contributed by atoms with Crippen LogP contribution in [0.5, 0.6) is 11.5 Å². The maximum atomic E-state index is 10.6. The first-order chi connectivity index (χ1) is 11.5. The maximum absolute atomic E-state index is 10.6. The van der Waals surface area contributed by atoms with E-state index in [-0.39, 0.29) is 5.69 Å². The zero-order valence-electron chi connectivity index (χ0n) is 13.0. The quantitative estimate of drug-likeness (QED) is 0.305. The molecule has 0 bridgehead atoms. The zero-order valence-corrected chi connectivity index (χ0v) is 15.2. The molecule has 2 rings (SSSR count). The fourth-order valence-corrected chi connectivity index (χ4v) is 2.61. The van der Waals surface area contributed by atoms with Gasteiger partial charge >= 0.3 is 0 Å². The van der Waals surface area contributed by atoms with Crippen LogP contribution in [0, 0.1) is 13.7 Å². The van der Waals surface area contributed by atoms with Crippen LogP contribution in [0.1, 0.15) is 12.5 Å². The number of rotatable bonds is 7. The minimum Gasteiger partial charge on any atom is -0.493 e. The van der Waals surface area contributed by atoms with Crippen LogP contribution in [-0.2, 0) is 0 Å². The van der Waals surface area contributed by atoms with Crippen molar-refractivity contribution in [2.45, 2.75) is 6.92 Å². The lowest BCUT2D eigenvalue weighted by Gasteiger charge is -2.12. The number of nitrogens with zero attached hydrogens (tertiary/aromatic N) is 3. The van der Waals surface area contributed by atoms with E-state index in [2.05, 4.69) is 38.1 Å². The van der Waals surface area contributed by atoms with Crippen LogP contribution in [0.2, 0.25) is 0 Å². The summed E-state index contributed by atoms with van der Waals surface area (Å²) in [6.45, 7) is 2.46. The molecule has 8 nitrogen and oxygen atoms in total. The summed E-state index contributed by atoms with van der Waals surface area (Å²) in [5, 5.41) is 14.6. The smallest absolute Gasteiger partial charge is 0.287 e. The van der Waals surface area contributed by atoms with E-state index in [1.54, 1.807) is 13.3 Å². The number of ether oxygens (including phenoxy) is 2. The molecule has 0 aliphatic carbocycles.